The van der Waals surface area contributed by atoms with Gasteiger partial charge in [0.1, 0.15) is 12.4 Å². The van der Waals surface area contributed by atoms with Gasteiger partial charge in [0.05, 0.1) is 16.9 Å². The molecule has 5 aromatic rings. The number of piperidine rings is 1. The summed E-state index contributed by atoms with van der Waals surface area (Å²) in [5.74, 6) is 2.08. The van der Waals surface area contributed by atoms with Gasteiger partial charge in [-0.2, -0.15) is 0 Å². The lowest BCUT2D eigenvalue weighted by atomic mass is 9.96. The molecular formula is C40H42N6O4. The molecule has 2 aliphatic rings. The van der Waals surface area contributed by atoms with Crippen LogP contribution in [0, 0.1) is 18.8 Å². The molecule has 3 aromatic carbocycles. The first-order chi connectivity index (χ1) is 24.4. The zero-order chi connectivity index (χ0) is 34.6. The Morgan fingerprint density at radius 2 is 1.80 bits per heavy atom. The van der Waals surface area contributed by atoms with Crippen molar-refractivity contribution in [3.8, 4) is 22.9 Å². The van der Waals surface area contributed by atoms with Crippen LogP contribution < -0.4 is 15.0 Å². The van der Waals surface area contributed by atoms with Crippen LogP contribution in [0.25, 0.3) is 22.0 Å². The average molecular weight is 671 g/mol. The zero-order valence-electron chi connectivity index (χ0n) is 28.7. The van der Waals surface area contributed by atoms with Crippen molar-refractivity contribution in [3.63, 3.8) is 0 Å². The second-order valence-corrected chi connectivity index (χ2v) is 13.3. The fourth-order valence-electron chi connectivity index (χ4n) is 7.09. The number of amides is 2. The molecule has 2 aliphatic heterocycles. The molecule has 0 spiro atoms. The van der Waals surface area contributed by atoms with Crippen LogP contribution in [0.4, 0.5) is 16.4 Å². The van der Waals surface area contributed by atoms with Gasteiger partial charge in [0, 0.05) is 54.8 Å². The van der Waals surface area contributed by atoms with Gasteiger partial charge in [0.25, 0.3) is 0 Å². The van der Waals surface area contributed by atoms with E-state index in [1.807, 2.05) is 84.6 Å². The average Bonchev–Trinajstić information content (AvgIpc) is 3.51. The lowest BCUT2D eigenvalue weighted by Gasteiger charge is -2.36. The number of carbonyl (C=O) groups excluding carboxylic acids is 2. The maximum atomic E-state index is 13.2. The highest BCUT2D eigenvalue weighted by Crippen LogP contribution is 2.41. The highest BCUT2D eigenvalue weighted by Gasteiger charge is 2.32. The van der Waals surface area contributed by atoms with Crippen LogP contribution in [-0.2, 0) is 16.1 Å². The molecule has 1 N–H and O–H groups in total. The Kier molecular flexibility index (Phi) is 9.60. The van der Waals surface area contributed by atoms with E-state index in [9.17, 15) is 9.59 Å². The van der Waals surface area contributed by atoms with E-state index in [1.54, 1.807) is 17.3 Å². The lowest BCUT2D eigenvalue weighted by molar-refractivity contribution is -0.120. The Morgan fingerprint density at radius 1 is 0.940 bits per heavy atom. The van der Waals surface area contributed by atoms with Gasteiger partial charge in [-0.25, -0.2) is 19.7 Å². The quantitative estimate of drug-likeness (QED) is 0.168. The number of pyridine rings is 1. The summed E-state index contributed by atoms with van der Waals surface area (Å²) in [5, 5.41) is 5.34. The largest absolute Gasteiger partial charge is 0.445 e. The zero-order valence-corrected chi connectivity index (χ0v) is 28.7. The van der Waals surface area contributed by atoms with E-state index in [0.29, 0.717) is 48.5 Å². The van der Waals surface area contributed by atoms with Crippen LogP contribution in [0.5, 0.6) is 11.6 Å². The normalized spacial score (nSPS) is 19.1. The molecule has 0 aliphatic carbocycles. The number of hydrogen-bond acceptors (Lipinski definition) is 8. The van der Waals surface area contributed by atoms with E-state index in [4.69, 9.17) is 14.5 Å². The molecule has 0 bridgehead atoms. The van der Waals surface area contributed by atoms with Crippen LogP contribution in [-0.4, -0.2) is 57.5 Å². The Balaban J connectivity index is 1.10. The molecule has 50 heavy (non-hydrogen) atoms. The Bertz CT molecular complexity index is 2000. The summed E-state index contributed by atoms with van der Waals surface area (Å²) in [6.07, 6.45) is 5.67. The maximum Gasteiger partial charge on any atom is 0.410 e. The molecule has 256 valence electrons. The third-order valence-corrected chi connectivity index (χ3v) is 9.64. The number of nitrogens with zero attached hydrogens (tertiary/aromatic N) is 5. The molecule has 4 heterocycles. The highest BCUT2D eigenvalue weighted by molar-refractivity contribution is 6.07. The fourth-order valence-corrected chi connectivity index (χ4v) is 7.09. The number of anilines is 2. The maximum absolute atomic E-state index is 13.2. The summed E-state index contributed by atoms with van der Waals surface area (Å²) in [5.41, 5.74) is 4.18. The van der Waals surface area contributed by atoms with Gasteiger partial charge < -0.3 is 24.6 Å². The second kappa shape index (κ2) is 14.5. The summed E-state index contributed by atoms with van der Waals surface area (Å²) in [6, 6.07) is 25.4. The minimum absolute atomic E-state index is 0.0504. The second-order valence-electron chi connectivity index (χ2n) is 13.3. The molecule has 10 heteroatoms. The monoisotopic (exact) mass is 670 g/mol. The third kappa shape index (κ3) is 6.96. The molecule has 2 saturated heterocycles. The first-order valence-electron chi connectivity index (χ1n) is 17.4. The van der Waals surface area contributed by atoms with Crippen molar-refractivity contribution in [2.24, 2.45) is 11.8 Å². The van der Waals surface area contributed by atoms with E-state index in [2.05, 4.69) is 35.2 Å². The number of hydrogen-bond donors (Lipinski definition) is 1. The minimum Gasteiger partial charge on any atom is -0.445 e. The van der Waals surface area contributed by atoms with Gasteiger partial charge >= 0.3 is 6.09 Å². The van der Waals surface area contributed by atoms with Gasteiger partial charge in [0.15, 0.2) is 0 Å². The Morgan fingerprint density at radius 3 is 2.62 bits per heavy atom. The standard InChI is InChI=1S/C40H42N6O4/c1-4-29-18-21-46(38(29)47)35-14-8-12-32-31(35)16-15-27(3)36(32)50-37-33(13-9-19-41-37)34-17-20-42-39(44-34)43-30-22-26(2)23-45(24-30)40(48)49-25-28-10-6-5-7-11-28/h5-17,19-20,26,29-30H,4,18,21-25H2,1-3H3,(H,42,43,44)/t26-,29+,30+/m1/s1. The first-order valence-corrected chi connectivity index (χ1v) is 17.4. The predicted molar refractivity (Wildman–Crippen MR) is 194 cm³/mol. The summed E-state index contributed by atoms with van der Waals surface area (Å²) in [6.45, 7) is 8.28. The molecule has 2 fully saturated rings. The van der Waals surface area contributed by atoms with Crippen LogP contribution in [0.1, 0.15) is 44.2 Å². The topological polar surface area (TPSA) is 110 Å². The summed E-state index contributed by atoms with van der Waals surface area (Å²) in [7, 11) is 0. The molecule has 7 rings (SSSR count). The third-order valence-electron chi connectivity index (χ3n) is 9.64. The van der Waals surface area contributed by atoms with Crippen molar-refractivity contribution >= 4 is 34.4 Å². The highest BCUT2D eigenvalue weighted by atomic mass is 16.6. The van der Waals surface area contributed by atoms with E-state index < -0.39 is 0 Å². The molecular weight excluding hydrogens is 628 g/mol. The van der Waals surface area contributed by atoms with Crippen molar-refractivity contribution in [1.82, 2.24) is 19.9 Å². The van der Waals surface area contributed by atoms with E-state index >= 15 is 0 Å². The number of aryl methyl sites for hydroxylation is 1. The minimum atomic E-state index is -0.327. The molecule has 2 amide bonds. The van der Waals surface area contributed by atoms with Gasteiger partial charge in [-0.3, -0.25) is 4.79 Å². The Hall–Kier alpha value is -5.51. The van der Waals surface area contributed by atoms with E-state index in [1.165, 1.54) is 0 Å². The number of nitrogens with one attached hydrogen (secondary N) is 1. The fraction of sp³-hybridized carbons (Fsp3) is 0.325. The van der Waals surface area contributed by atoms with Crippen molar-refractivity contribution in [1.29, 1.82) is 0 Å². The lowest BCUT2D eigenvalue weighted by Crippen LogP contribution is -2.48. The molecule has 0 unspecified atom stereocenters. The SMILES string of the molecule is CC[C@H]1CCN(c2cccc3c(Oc4ncccc4-c4ccnc(N[C@H]5C[C@@H](C)CN(C(=O)OCc6ccccc6)C5)n4)c(C)ccc23)C1=O. The van der Waals surface area contributed by atoms with Crippen molar-refractivity contribution < 1.29 is 19.1 Å². The van der Waals surface area contributed by atoms with Crippen molar-refractivity contribution in [3.05, 3.63) is 102 Å². The predicted octanol–water partition coefficient (Wildman–Crippen LogP) is 8.01. The molecule has 0 radical (unpaired) electrons. The van der Waals surface area contributed by atoms with Gasteiger partial charge in [-0.05, 0) is 67.5 Å². The van der Waals surface area contributed by atoms with Gasteiger partial charge in [0.2, 0.25) is 17.7 Å². The number of ether oxygens (including phenoxy) is 2. The van der Waals surface area contributed by atoms with E-state index in [-0.39, 0.29) is 36.5 Å². The molecule has 3 atom stereocenters. The summed E-state index contributed by atoms with van der Waals surface area (Å²) >= 11 is 0. The van der Waals surface area contributed by atoms with Crippen LogP contribution in [0.2, 0.25) is 0 Å². The molecule has 10 nitrogen and oxygen atoms in total. The van der Waals surface area contributed by atoms with Crippen LogP contribution in [0.15, 0.2) is 91.3 Å². The Labute approximate surface area is 292 Å². The van der Waals surface area contributed by atoms with Crippen molar-refractivity contribution in [2.45, 2.75) is 52.7 Å². The smallest absolute Gasteiger partial charge is 0.410 e. The van der Waals surface area contributed by atoms with Gasteiger partial charge in [-0.15, -0.1) is 0 Å². The van der Waals surface area contributed by atoms with Crippen molar-refractivity contribution in [2.75, 3.05) is 29.9 Å². The summed E-state index contributed by atoms with van der Waals surface area (Å²) in [4.78, 5) is 43.8. The number of rotatable bonds is 9. The number of carbonyl (C=O) groups is 2. The molecule has 0 saturated carbocycles. The van der Waals surface area contributed by atoms with Crippen LogP contribution >= 0.6 is 0 Å². The van der Waals surface area contributed by atoms with Crippen LogP contribution in [0.3, 0.4) is 0 Å². The number of fused-ring (bicyclic) bond motifs is 1. The number of benzene rings is 3. The summed E-state index contributed by atoms with van der Waals surface area (Å²) < 4.78 is 12.3. The first kappa shape index (κ1) is 33.0. The van der Waals surface area contributed by atoms with Gasteiger partial charge in [-0.1, -0.05) is 68.4 Å². The number of likely N-dealkylation sites (tertiary alicyclic amines) is 1. The van der Waals surface area contributed by atoms with E-state index in [0.717, 1.165) is 46.8 Å². The molecule has 2 aromatic heterocycles. The number of aromatic nitrogens is 3.